The molecule has 3 N–H and O–H groups in total. The highest BCUT2D eigenvalue weighted by Gasteiger charge is 2.34. The molecule has 250 valence electrons. The van der Waals surface area contributed by atoms with Crippen molar-refractivity contribution < 1.29 is 37.7 Å². The summed E-state index contributed by atoms with van der Waals surface area (Å²) in [6.07, 6.45) is -2.45. The second-order valence-electron chi connectivity index (χ2n) is 10.3. The van der Waals surface area contributed by atoms with Gasteiger partial charge in [0, 0.05) is 31.2 Å². The third-order valence-corrected chi connectivity index (χ3v) is 6.36. The van der Waals surface area contributed by atoms with Crippen LogP contribution in [0.1, 0.15) is 42.8 Å². The molecular formula is C27H29Cl7FN3O7. The van der Waals surface area contributed by atoms with Crippen LogP contribution >= 0.6 is 81.2 Å². The average Bonchev–Trinajstić information content (AvgIpc) is 3.09. The van der Waals surface area contributed by atoms with Gasteiger partial charge in [0.15, 0.2) is 0 Å². The highest BCUT2D eigenvalue weighted by molar-refractivity contribution is 6.67. The second-order valence-corrected chi connectivity index (χ2v) is 15.1. The van der Waals surface area contributed by atoms with Crippen LogP contribution in [0.4, 0.5) is 19.7 Å². The first-order valence-electron chi connectivity index (χ1n) is 12.9. The van der Waals surface area contributed by atoms with E-state index in [4.69, 9.17) is 96.4 Å². The first-order valence-corrected chi connectivity index (χ1v) is 15.5. The molecule has 1 saturated heterocycles. The van der Waals surface area contributed by atoms with E-state index in [-0.39, 0.29) is 36.5 Å². The van der Waals surface area contributed by atoms with E-state index in [2.05, 4.69) is 14.8 Å². The molecule has 1 fully saturated rings. The Morgan fingerprint density at radius 1 is 1.00 bits per heavy atom. The van der Waals surface area contributed by atoms with Gasteiger partial charge in [0.2, 0.25) is 0 Å². The van der Waals surface area contributed by atoms with E-state index >= 15 is 0 Å². The summed E-state index contributed by atoms with van der Waals surface area (Å²) in [5.41, 5.74) is 6.54. The van der Waals surface area contributed by atoms with Crippen LogP contribution in [-0.2, 0) is 18.9 Å². The molecule has 0 bridgehead atoms. The van der Waals surface area contributed by atoms with E-state index < -0.39 is 37.7 Å². The van der Waals surface area contributed by atoms with Crippen LogP contribution in [0.15, 0.2) is 42.5 Å². The zero-order chi connectivity index (χ0) is 34.2. The zero-order valence-corrected chi connectivity index (χ0v) is 29.2. The van der Waals surface area contributed by atoms with Crippen molar-refractivity contribution in [2.75, 3.05) is 32.0 Å². The number of nitrogens with zero attached hydrogens (tertiary/aromatic N) is 1. The van der Waals surface area contributed by atoms with Crippen LogP contribution in [-0.4, -0.2) is 62.9 Å². The molecule has 18 heteroatoms. The topological polar surface area (TPSA) is 129 Å². The van der Waals surface area contributed by atoms with Gasteiger partial charge in [0.1, 0.15) is 11.4 Å². The number of hydrogen-bond acceptors (Lipinski definition) is 8. The van der Waals surface area contributed by atoms with Crippen molar-refractivity contribution in [1.82, 2.24) is 10.2 Å². The maximum Gasteiger partial charge on any atom is 0.515 e. The monoisotopic (exact) mass is 771 g/mol. The number of carbonyl (C=O) groups excluding carboxylic acids is 3. The molecule has 0 saturated carbocycles. The fraction of sp³-hybridized carbons (Fsp3) is 0.444. The first kappa shape index (κ1) is 39.3. The Morgan fingerprint density at radius 2 is 1.60 bits per heavy atom. The molecule has 0 aliphatic carbocycles. The summed E-state index contributed by atoms with van der Waals surface area (Å²) >= 11 is 36.1. The number of nitrogen functional groups attached to an aromatic ring is 1. The van der Waals surface area contributed by atoms with Crippen LogP contribution in [0.2, 0.25) is 5.02 Å². The quantitative estimate of drug-likeness (QED) is 0.181. The lowest BCUT2D eigenvalue weighted by Gasteiger charge is -2.30. The van der Waals surface area contributed by atoms with Crippen LogP contribution in [0, 0.1) is 11.7 Å². The maximum atomic E-state index is 14.2. The molecular weight excluding hydrogens is 745 g/mol. The van der Waals surface area contributed by atoms with E-state index in [1.165, 1.54) is 12.1 Å². The molecule has 0 radical (unpaired) electrons. The number of carbonyl (C=O) groups is 3. The van der Waals surface area contributed by atoms with Crippen molar-refractivity contribution in [2.45, 2.75) is 40.4 Å². The number of halogens is 8. The van der Waals surface area contributed by atoms with E-state index in [0.717, 1.165) is 0 Å². The van der Waals surface area contributed by atoms with Gasteiger partial charge >= 0.3 is 20.2 Å². The summed E-state index contributed by atoms with van der Waals surface area (Å²) in [6, 6.07) is 11.2. The fourth-order valence-corrected chi connectivity index (χ4v) is 4.35. The van der Waals surface area contributed by atoms with Crippen LogP contribution in [0.5, 0.6) is 0 Å². The van der Waals surface area contributed by atoms with Gasteiger partial charge < -0.3 is 34.9 Å². The number of nitrogens with one attached hydrogen (secondary N) is 1. The third-order valence-electron chi connectivity index (χ3n) is 5.59. The molecule has 2 amide bonds. The highest BCUT2D eigenvalue weighted by Crippen LogP contribution is 2.33. The molecule has 3 rings (SSSR count). The summed E-state index contributed by atoms with van der Waals surface area (Å²) in [5, 5.41) is 2.88. The summed E-state index contributed by atoms with van der Waals surface area (Å²) in [7, 11) is 0. The Kier molecular flexibility index (Phi) is 14.7. The average molecular weight is 775 g/mol. The molecule has 1 heterocycles. The lowest BCUT2D eigenvalue weighted by Crippen LogP contribution is -2.43. The molecule has 45 heavy (non-hydrogen) atoms. The van der Waals surface area contributed by atoms with Gasteiger partial charge in [-0.2, -0.15) is 0 Å². The lowest BCUT2D eigenvalue weighted by molar-refractivity contribution is 0.0230. The van der Waals surface area contributed by atoms with Gasteiger partial charge in [-0.3, -0.25) is 4.79 Å². The van der Waals surface area contributed by atoms with E-state index in [0.29, 0.717) is 23.4 Å². The zero-order valence-electron chi connectivity index (χ0n) is 23.9. The number of nitrogens with two attached hydrogens (primary N) is 1. The molecule has 0 spiro atoms. The van der Waals surface area contributed by atoms with E-state index in [1.54, 1.807) is 56.0 Å². The van der Waals surface area contributed by atoms with Crippen molar-refractivity contribution in [1.29, 1.82) is 0 Å². The Labute approximate surface area is 294 Å². The Bertz CT molecular complexity index is 1320. The maximum absolute atomic E-state index is 14.2. The summed E-state index contributed by atoms with van der Waals surface area (Å²) in [6.45, 7) is 6.32. The number of alkyl halides is 6. The van der Waals surface area contributed by atoms with Gasteiger partial charge in [-0.25, -0.2) is 14.0 Å². The molecule has 0 unspecified atom stereocenters. The minimum Gasteiger partial charge on any atom is -0.444 e. The van der Waals surface area contributed by atoms with Gasteiger partial charge in [-0.1, -0.05) is 29.8 Å². The lowest BCUT2D eigenvalue weighted by atomic mass is 9.94. The van der Waals surface area contributed by atoms with Gasteiger partial charge in [-0.15, -0.1) is 0 Å². The summed E-state index contributed by atoms with van der Waals surface area (Å²) < 4.78 is 29.2. The minimum absolute atomic E-state index is 0.00663. The van der Waals surface area contributed by atoms with Gasteiger partial charge in [0.25, 0.3) is 5.91 Å². The first-order chi connectivity index (χ1) is 20.6. The molecule has 2 aromatic rings. The van der Waals surface area contributed by atoms with Crippen LogP contribution < -0.4 is 11.1 Å². The van der Waals surface area contributed by atoms with Crippen molar-refractivity contribution in [3.8, 4) is 0 Å². The number of amides is 2. The van der Waals surface area contributed by atoms with Gasteiger partial charge in [-0.05, 0) is 120 Å². The van der Waals surface area contributed by atoms with Crippen molar-refractivity contribution in [2.24, 2.45) is 5.92 Å². The minimum atomic E-state index is -2.24. The molecule has 0 aromatic heterocycles. The van der Waals surface area contributed by atoms with Crippen LogP contribution in [0.3, 0.4) is 0 Å². The molecule has 1 aliphatic rings. The third kappa shape index (κ3) is 14.6. The smallest absolute Gasteiger partial charge is 0.444 e. The fourth-order valence-electron chi connectivity index (χ4n) is 3.85. The number of hydrogen-bond donors (Lipinski definition) is 2. The Hall–Kier alpha value is -1.83. The second kappa shape index (κ2) is 16.8. The van der Waals surface area contributed by atoms with Crippen LogP contribution in [0.25, 0.3) is 0 Å². The largest absolute Gasteiger partial charge is 0.515 e. The standard InChI is InChI=1S/C24H29ClFN3O4.C3Cl6O3/c1-24(2,3)33-23(31)29-10-11-32-21(15-8-9-18(25)19(26)12-15)16(14-29)13-28-22(30)17-6-4-5-7-20(17)27;4-2(5,6)11-1(10)12-3(7,8)9/h4-9,12,16,21H,10-11,13-14,27H2,1-3H3,(H,28,30);/t16-,21+;/m1./s1. The SMILES string of the molecule is CC(C)(C)OC(=O)N1CCO[C@@H](c2ccc(Cl)c(F)c2)[C@H](CNC(=O)c2ccccc2N)C1.O=C(OC(Cl)(Cl)Cl)OC(Cl)(Cl)Cl. The predicted octanol–water partition coefficient (Wildman–Crippen LogP) is 8.21. The van der Waals surface area contributed by atoms with Gasteiger partial charge in [0.05, 0.1) is 23.3 Å². The number of para-hydroxylation sites is 1. The normalized spacial score (nSPS) is 17.3. The van der Waals surface area contributed by atoms with E-state index in [9.17, 15) is 18.8 Å². The molecule has 1 aliphatic heterocycles. The Morgan fingerprint density at radius 3 is 2.13 bits per heavy atom. The van der Waals surface area contributed by atoms with E-state index in [1.807, 2.05) is 0 Å². The van der Waals surface area contributed by atoms with Crippen molar-refractivity contribution >= 4 is 105 Å². The number of anilines is 1. The molecule has 2 atom stereocenters. The number of benzene rings is 2. The molecule has 10 nitrogen and oxygen atoms in total. The summed E-state index contributed by atoms with van der Waals surface area (Å²) in [5.74, 6) is -1.29. The van der Waals surface area contributed by atoms with Crippen molar-refractivity contribution in [3.63, 3.8) is 0 Å². The summed E-state index contributed by atoms with van der Waals surface area (Å²) in [4.78, 5) is 37.5. The predicted molar refractivity (Wildman–Crippen MR) is 173 cm³/mol. The highest BCUT2D eigenvalue weighted by atomic mass is 35.6. The Balaban J connectivity index is 0.000000498. The van der Waals surface area contributed by atoms with Crippen molar-refractivity contribution in [3.05, 3.63) is 64.4 Å². The number of ether oxygens (including phenoxy) is 4. The molecule has 2 aromatic carbocycles. The number of rotatable bonds is 4.